The van der Waals surface area contributed by atoms with Crippen LogP contribution in [0.4, 0.5) is 10.1 Å². The summed E-state index contributed by atoms with van der Waals surface area (Å²) in [6.45, 7) is 0.426. The van der Waals surface area contributed by atoms with Crippen molar-refractivity contribution in [2.75, 3.05) is 5.32 Å². The predicted octanol–water partition coefficient (Wildman–Crippen LogP) is 2.51. The van der Waals surface area contributed by atoms with E-state index in [1.54, 1.807) is 18.3 Å². The van der Waals surface area contributed by atoms with E-state index in [-0.39, 0.29) is 11.4 Å². The third-order valence-electron chi connectivity index (χ3n) is 2.67. The number of fused-ring (bicyclic) bond motifs is 1. The summed E-state index contributed by atoms with van der Waals surface area (Å²) >= 11 is 1.41. The largest absolute Gasteiger partial charge is 0.379 e. The maximum Gasteiger partial charge on any atom is 0.258 e. The minimum atomic E-state index is -0.276. The highest BCUT2D eigenvalue weighted by Crippen LogP contribution is 2.11. The number of hydrogen-bond donors (Lipinski definition) is 1. The lowest BCUT2D eigenvalue weighted by atomic mass is 10.3. The zero-order valence-corrected chi connectivity index (χ0v) is 10.7. The van der Waals surface area contributed by atoms with E-state index in [1.807, 2.05) is 5.38 Å². The second-order valence-corrected chi connectivity index (χ2v) is 4.87. The summed E-state index contributed by atoms with van der Waals surface area (Å²) in [7, 11) is 0. The van der Waals surface area contributed by atoms with Crippen LogP contribution in [0.5, 0.6) is 0 Å². The number of thiazole rings is 1. The van der Waals surface area contributed by atoms with Crippen molar-refractivity contribution in [3.63, 3.8) is 0 Å². The van der Waals surface area contributed by atoms with E-state index in [0.29, 0.717) is 17.2 Å². The highest BCUT2D eigenvalue weighted by Gasteiger charge is 2.03. The molecule has 0 fully saturated rings. The number of anilines is 1. The van der Waals surface area contributed by atoms with Crippen LogP contribution in [0.1, 0.15) is 5.69 Å². The molecule has 0 spiro atoms. The molecule has 0 amide bonds. The molecule has 96 valence electrons. The Labute approximate surface area is 112 Å². The lowest BCUT2D eigenvalue weighted by Crippen LogP contribution is -2.14. The van der Waals surface area contributed by atoms with Crippen LogP contribution in [0, 0.1) is 5.82 Å². The molecule has 0 atom stereocenters. The number of rotatable bonds is 3. The number of aromatic nitrogens is 2. The van der Waals surface area contributed by atoms with Crippen LogP contribution in [0.3, 0.4) is 0 Å². The van der Waals surface area contributed by atoms with Crippen molar-refractivity contribution >= 4 is 22.0 Å². The quantitative estimate of drug-likeness (QED) is 0.799. The van der Waals surface area contributed by atoms with E-state index in [9.17, 15) is 9.18 Å². The minimum absolute atomic E-state index is 0.0952. The fourth-order valence-corrected chi connectivity index (χ4v) is 2.48. The van der Waals surface area contributed by atoms with Gasteiger partial charge in [0, 0.05) is 23.3 Å². The first-order chi connectivity index (χ1) is 9.22. The molecule has 0 bridgehead atoms. The van der Waals surface area contributed by atoms with Crippen LogP contribution in [-0.2, 0) is 6.54 Å². The lowest BCUT2D eigenvalue weighted by Gasteiger charge is -2.05. The van der Waals surface area contributed by atoms with Gasteiger partial charge in [0.15, 0.2) is 4.96 Å². The molecule has 0 saturated carbocycles. The Morgan fingerprint density at radius 3 is 2.89 bits per heavy atom. The Hall–Kier alpha value is -2.21. The van der Waals surface area contributed by atoms with Gasteiger partial charge in [0.25, 0.3) is 5.56 Å². The molecule has 1 aromatic carbocycles. The van der Waals surface area contributed by atoms with Crippen molar-refractivity contribution in [2.45, 2.75) is 6.54 Å². The van der Waals surface area contributed by atoms with Crippen molar-refractivity contribution in [3.8, 4) is 0 Å². The molecular formula is C13H10FN3OS. The van der Waals surface area contributed by atoms with Crippen LogP contribution in [0.25, 0.3) is 4.96 Å². The van der Waals surface area contributed by atoms with Gasteiger partial charge in [-0.1, -0.05) is 0 Å². The molecule has 0 aliphatic rings. The maximum atomic E-state index is 12.8. The van der Waals surface area contributed by atoms with Gasteiger partial charge in [0.2, 0.25) is 0 Å². The van der Waals surface area contributed by atoms with Crippen molar-refractivity contribution in [1.82, 2.24) is 9.38 Å². The number of hydrogen-bond acceptors (Lipinski definition) is 4. The fraction of sp³-hybridized carbons (Fsp3) is 0.0769. The molecule has 2 heterocycles. The fourth-order valence-electron chi connectivity index (χ4n) is 1.74. The monoisotopic (exact) mass is 275 g/mol. The van der Waals surface area contributed by atoms with Gasteiger partial charge in [-0.15, -0.1) is 11.3 Å². The average Bonchev–Trinajstić information content (AvgIpc) is 2.87. The summed E-state index contributed by atoms with van der Waals surface area (Å²) in [6.07, 6.45) is 1.70. The second kappa shape index (κ2) is 4.81. The van der Waals surface area contributed by atoms with Crippen LogP contribution in [-0.4, -0.2) is 9.38 Å². The molecule has 2 aromatic heterocycles. The smallest absolute Gasteiger partial charge is 0.258 e. The van der Waals surface area contributed by atoms with Gasteiger partial charge >= 0.3 is 0 Å². The molecule has 4 nitrogen and oxygen atoms in total. The first-order valence-electron chi connectivity index (χ1n) is 5.67. The summed E-state index contributed by atoms with van der Waals surface area (Å²) in [5.41, 5.74) is 1.36. The number of halogens is 1. The second-order valence-electron chi connectivity index (χ2n) is 4.00. The molecule has 0 radical (unpaired) electrons. The summed E-state index contributed by atoms with van der Waals surface area (Å²) in [5, 5.41) is 4.92. The Morgan fingerprint density at radius 1 is 1.32 bits per heavy atom. The third-order valence-corrected chi connectivity index (χ3v) is 3.43. The Morgan fingerprint density at radius 2 is 2.11 bits per heavy atom. The molecule has 1 N–H and O–H groups in total. The van der Waals surface area contributed by atoms with E-state index in [2.05, 4.69) is 10.3 Å². The van der Waals surface area contributed by atoms with E-state index >= 15 is 0 Å². The minimum Gasteiger partial charge on any atom is -0.379 e. The number of nitrogens with zero attached hydrogens (tertiary/aromatic N) is 2. The summed E-state index contributed by atoms with van der Waals surface area (Å²) in [6, 6.07) is 7.55. The molecule has 0 unspecified atom stereocenters. The van der Waals surface area contributed by atoms with Crippen LogP contribution >= 0.6 is 11.3 Å². The Kier molecular flexibility index (Phi) is 3.00. The molecular weight excluding hydrogens is 265 g/mol. The van der Waals surface area contributed by atoms with Gasteiger partial charge in [0.1, 0.15) is 5.82 Å². The van der Waals surface area contributed by atoms with Gasteiger partial charge < -0.3 is 5.32 Å². The summed E-state index contributed by atoms with van der Waals surface area (Å²) in [4.78, 5) is 16.8. The Balaban J connectivity index is 1.81. The van der Waals surface area contributed by atoms with Crippen molar-refractivity contribution in [3.05, 3.63) is 63.8 Å². The maximum absolute atomic E-state index is 12.8. The molecule has 0 aliphatic heterocycles. The van der Waals surface area contributed by atoms with Crippen molar-refractivity contribution < 1.29 is 4.39 Å². The van der Waals surface area contributed by atoms with Gasteiger partial charge in [-0.2, -0.15) is 0 Å². The van der Waals surface area contributed by atoms with Crippen LogP contribution in [0.2, 0.25) is 0 Å². The van der Waals surface area contributed by atoms with E-state index in [0.717, 1.165) is 5.69 Å². The van der Waals surface area contributed by atoms with Gasteiger partial charge in [-0.25, -0.2) is 9.37 Å². The zero-order valence-electron chi connectivity index (χ0n) is 9.84. The number of nitrogens with one attached hydrogen (secondary N) is 1. The molecule has 0 saturated heterocycles. The molecule has 3 aromatic rings. The highest BCUT2D eigenvalue weighted by atomic mass is 32.1. The lowest BCUT2D eigenvalue weighted by molar-refractivity contribution is 0.628. The topological polar surface area (TPSA) is 46.4 Å². The molecule has 19 heavy (non-hydrogen) atoms. The van der Waals surface area contributed by atoms with Gasteiger partial charge in [-0.3, -0.25) is 9.20 Å². The SMILES string of the molecule is O=c1cc(CNc2ccc(F)cc2)nc2sccn12. The molecule has 0 aliphatic carbocycles. The highest BCUT2D eigenvalue weighted by molar-refractivity contribution is 7.15. The van der Waals surface area contributed by atoms with E-state index in [1.165, 1.54) is 33.9 Å². The first kappa shape index (κ1) is 11.9. The van der Waals surface area contributed by atoms with Gasteiger partial charge in [0.05, 0.1) is 12.2 Å². The average molecular weight is 275 g/mol. The molecule has 3 rings (SSSR count). The normalized spacial score (nSPS) is 10.8. The van der Waals surface area contributed by atoms with Crippen molar-refractivity contribution in [1.29, 1.82) is 0 Å². The standard InChI is InChI=1S/C13H10FN3OS/c14-9-1-3-10(4-2-9)15-8-11-7-12(18)17-5-6-19-13(17)16-11/h1-7,15H,8H2. The number of benzene rings is 1. The summed E-state index contributed by atoms with van der Waals surface area (Å²) in [5.74, 6) is -0.276. The zero-order chi connectivity index (χ0) is 13.2. The third kappa shape index (κ3) is 2.48. The molecule has 6 heteroatoms. The van der Waals surface area contributed by atoms with Crippen LogP contribution in [0.15, 0.2) is 46.7 Å². The van der Waals surface area contributed by atoms with E-state index in [4.69, 9.17) is 0 Å². The van der Waals surface area contributed by atoms with Crippen molar-refractivity contribution in [2.24, 2.45) is 0 Å². The summed E-state index contributed by atoms with van der Waals surface area (Å²) < 4.78 is 14.3. The van der Waals surface area contributed by atoms with Crippen LogP contribution < -0.4 is 10.9 Å². The Bertz CT molecular complexity index is 763. The predicted molar refractivity (Wildman–Crippen MR) is 73.1 cm³/mol. The van der Waals surface area contributed by atoms with E-state index < -0.39 is 0 Å². The van der Waals surface area contributed by atoms with Gasteiger partial charge in [-0.05, 0) is 24.3 Å². The first-order valence-corrected chi connectivity index (χ1v) is 6.55.